The lowest BCUT2D eigenvalue weighted by Crippen LogP contribution is -2.22. The molecule has 3 aromatic rings. The van der Waals surface area contributed by atoms with Gasteiger partial charge in [0.25, 0.3) is 15.9 Å². The van der Waals surface area contributed by atoms with Gasteiger partial charge in [0, 0.05) is 18.0 Å². The quantitative estimate of drug-likeness (QED) is 0.651. The van der Waals surface area contributed by atoms with E-state index in [9.17, 15) is 13.2 Å². The molecule has 0 aliphatic carbocycles. The van der Waals surface area contributed by atoms with Crippen molar-refractivity contribution in [1.82, 2.24) is 19.6 Å². The maximum absolute atomic E-state index is 12.4. The van der Waals surface area contributed by atoms with Crippen molar-refractivity contribution >= 4 is 32.7 Å². The highest BCUT2D eigenvalue weighted by atomic mass is 32.2. The van der Waals surface area contributed by atoms with Crippen LogP contribution in [-0.2, 0) is 21.9 Å². The first-order valence-corrected chi connectivity index (χ1v) is 9.05. The molecule has 3 rings (SSSR count). The fraction of sp³-hybridized carbons (Fsp3) is 0.188. The fourth-order valence-electron chi connectivity index (χ4n) is 2.52. The van der Waals surface area contributed by atoms with E-state index in [-0.39, 0.29) is 10.8 Å². The minimum atomic E-state index is -3.76. The minimum Gasteiger partial charge on any atom is -0.321 e. The summed E-state index contributed by atoms with van der Waals surface area (Å²) in [5.74, 6) is -0.378. The molecule has 0 aliphatic rings. The molecule has 0 saturated carbocycles. The van der Waals surface area contributed by atoms with Crippen LogP contribution >= 0.6 is 0 Å². The summed E-state index contributed by atoms with van der Waals surface area (Å²) in [6.07, 6.45) is 1.54. The third-order valence-corrected chi connectivity index (χ3v) is 5.02. The van der Waals surface area contributed by atoms with E-state index in [4.69, 9.17) is 0 Å². The Hall–Kier alpha value is -2.82. The lowest BCUT2D eigenvalue weighted by atomic mass is 10.2. The van der Waals surface area contributed by atoms with Crippen LogP contribution in [0.1, 0.15) is 16.1 Å². The number of nitrogens with zero attached hydrogens (tertiary/aromatic N) is 3. The normalized spacial score (nSPS) is 11.7. The van der Waals surface area contributed by atoms with E-state index in [0.717, 1.165) is 16.7 Å². The number of rotatable bonds is 5. The molecule has 0 saturated heterocycles. The summed E-state index contributed by atoms with van der Waals surface area (Å²) in [6.45, 7) is 1.86. The Bertz CT molecular complexity index is 1070. The summed E-state index contributed by atoms with van der Waals surface area (Å²) in [5, 5.41) is 7.87. The maximum atomic E-state index is 12.4. The van der Waals surface area contributed by atoms with Crippen molar-refractivity contribution in [2.24, 2.45) is 7.05 Å². The number of aryl methyl sites for hydroxylation is 2. The third-order valence-electron chi connectivity index (χ3n) is 3.74. The number of nitrogens with one attached hydrogen (secondary N) is 2. The van der Waals surface area contributed by atoms with Crippen molar-refractivity contribution in [2.45, 2.75) is 11.8 Å². The minimum absolute atomic E-state index is 0.00929. The van der Waals surface area contributed by atoms with E-state index in [1.807, 2.05) is 11.8 Å². The van der Waals surface area contributed by atoms with E-state index < -0.39 is 10.0 Å². The van der Waals surface area contributed by atoms with E-state index in [0.29, 0.717) is 11.3 Å². The standard InChI is InChI=1S/C16H17N5O4S/c1-10-14-8-12(9-17-15(14)21(2)19-10)18-16(22)11-4-6-13(7-5-11)26(23,24)20-25-3/h4-9,20H,1-3H3,(H,18,22). The van der Waals surface area contributed by atoms with E-state index in [2.05, 4.69) is 20.2 Å². The zero-order valence-electron chi connectivity index (χ0n) is 14.3. The van der Waals surface area contributed by atoms with Crippen LogP contribution in [0.15, 0.2) is 41.4 Å². The number of anilines is 1. The molecule has 1 amide bonds. The Labute approximate surface area is 150 Å². The Morgan fingerprint density at radius 2 is 1.92 bits per heavy atom. The summed E-state index contributed by atoms with van der Waals surface area (Å²) in [5.41, 5.74) is 2.37. The van der Waals surface area contributed by atoms with Gasteiger partial charge < -0.3 is 5.32 Å². The summed E-state index contributed by atoms with van der Waals surface area (Å²) >= 11 is 0. The molecule has 26 heavy (non-hydrogen) atoms. The lowest BCUT2D eigenvalue weighted by Gasteiger charge is -2.07. The number of amides is 1. The van der Waals surface area contributed by atoms with Gasteiger partial charge in [-0.25, -0.2) is 13.4 Å². The molecule has 0 spiro atoms. The van der Waals surface area contributed by atoms with Crippen molar-refractivity contribution in [3.05, 3.63) is 47.8 Å². The molecule has 136 valence electrons. The first-order valence-electron chi connectivity index (χ1n) is 7.57. The zero-order chi connectivity index (χ0) is 18.9. The van der Waals surface area contributed by atoms with Crippen LogP contribution in [0.2, 0.25) is 0 Å². The molecule has 0 bridgehead atoms. The van der Waals surface area contributed by atoms with Crippen LogP contribution in [0.25, 0.3) is 11.0 Å². The van der Waals surface area contributed by atoms with Crippen LogP contribution in [0.3, 0.4) is 0 Å². The van der Waals surface area contributed by atoms with Crippen molar-refractivity contribution in [3.63, 3.8) is 0 Å². The number of aromatic nitrogens is 3. The molecule has 2 N–H and O–H groups in total. The van der Waals surface area contributed by atoms with Gasteiger partial charge in [-0.05, 0) is 37.3 Å². The van der Waals surface area contributed by atoms with Gasteiger partial charge in [-0.3, -0.25) is 14.3 Å². The number of carbonyl (C=O) groups excluding carboxylic acids is 1. The van der Waals surface area contributed by atoms with Gasteiger partial charge in [0.15, 0.2) is 5.65 Å². The molecule has 0 atom stereocenters. The summed E-state index contributed by atoms with van der Waals surface area (Å²) in [4.78, 5) is 23.0. The van der Waals surface area contributed by atoms with Crippen LogP contribution in [0, 0.1) is 6.92 Å². The Morgan fingerprint density at radius 1 is 1.23 bits per heavy atom. The third kappa shape index (κ3) is 3.43. The molecular formula is C16H17N5O4S. The predicted molar refractivity (Wildman–Crippen MR) is 95.0 cm³/mol. The summed E-state index contributed by atoms with van der Waals surface area (Å²) in [7, 11) is -0.759. The van der Waals surface area contributed by atoms with Crippen LogP contribution in [0.5, 0.6) is 0 Å². The monoisotopic (exact) mass is 375 g/mol. The molecule has 0 unspecified atom stereocenters. The van der Waals surface area contributed by atoms with E-state index in [1.165, 1.54) is 31.4 Å². The predicted octanol–water partition coefficient (Wildman–Crippen LogP) is 1.37. The number of benzene rings is 1. The lowest BCUT2D eigenvalue weighted by molar-refractivity contribution is 0.102. The van der Waals surface area contributed by atoms with Crippen molar-refractivity contribution < 1.29 is 18.0 Å². The second-order valence-corrected chi connectivity index (χ2v) is 7.22. The number of hydrogen-bond acceptors (Lipinski definition) is 6. The molecule has 9 nitrogen and oxygen atoms in total. The van der Waals surface area contributed by atoms with Crippen molar-refractivity contribution in [1.29, 1.82) is 0 Å². The van der Waals surface area contributed by atoms with E-state index >= 15 is 0 Å². The number of carbonyl (C=O) groups is 1. The number of sulfonamides is 1. The summed E-state index contributed by atoms with van der Waals surface area (Å²) < 4.78 is 25.3. The molecule has 1 aromatic carbocycles. The molecule has 10 heteroatoms. The van der Waals surface area contributed by atoms with Crippen molar-refractivity contribution in [2.75, 3.05) is 12.4 Å². The Balaban J connectivity index is 1.81. The second-order valence-electron chi connectivity index (χ2n) is 5.57. The Morgan fingerprint density at radius 3 is 2.58 bits per heavy atom. The van der Waals surface area contributed by atoms with Crippen LogP contribution < -0.4 is 10.2 Å². The number of fused-ring (bicyclic) bond motifs is 1. The van der Waals surface area contributed by atoms with Gasteiger partial charge in [0.05, 0.1) is 29.6 Å². The average Bonchev–Trinajstić information content (AvgIpc) is 2.89. The molecule has 2 heterocycles. The highest BCUT2D eigenvalue weighted by Crippen LogP contribution is 2.20. The van der Waals surface area contributed by atoms with Gasteiger partial charge in [0.1, 0.15) is 0 Å². The zero-order valence-corrected chi connectivity index (χ0v) is 15.2. The summed E-state index contributed by atoms with van der Waals surface area (Å²) in [6, 6.07) is 7.28. The second kappa shape index (κ2) is 6.83. The largest absolute Gasteiger partial charge is 0.321 e. The maximum Gasteiger partial charge on any atom is 0.262 e. The van der Waals surface area contributed by atoms with Crippen molar-refractivity contribution in [3.8, 4) is 0 Å². The molecular weight excluding hydrogens is 358 g/mol. The van der Waals surface area contributed by atoms with Gasteiger partial charge in [-0.1, -0.05) is 4.89 Å². The Kier molecular flexibility index (Phi) is 4.72. The first-order chi connectivity index (χ1) is 12.3. The molecule has 2 aromatic heterocycles. The topological polar surface area (TPSA) is 115 Å². The van der Waals surface area contributed by atoms with Gasteiger partial charge in [-0.15, -0.1) is 0 Å². The molecule has 0 radical (unpaired) electrons. The highest BCUT2D eigenvalue weighted by molar-refractivity contribution is 7.89. The average molecular weight is 375 g/mol. The number of pyridine rings is 1. The molecule has 0 aliphatic heterocycles. The highest BCUT2D eigenvalue weighted by Gasteiger charge is 2.15. The van der Waals surface area contributed by atoms with E-state index in [1.54, 1.807) is 24.0 Å². The van der Waals surface area contributed by atoms with Crippen LogP contribution in [-0.4, -0.2) is 36.2 Å². The SMILES string of the molecule is CONS(=O)(=O)c1ccc(C(=O)Nc2cnc3c(c2)c(C)nn3C)cc1. The smallest absolute Gasteiger partial charge is 0.262 e. The first kappa shape index (κ1) is 18.0. The van der Waals surface area contributed by atoms with Gasteiger partial charge in [0.2, 0.25) is 0 Å². The van der Waals surface area contributed by atoms with Gasteiger partial charge in [-0.2, -0.15) is 5.10 Å². The van der Waals surface area contributed by atoms with Gasteiger partial charge >= 0.3 is 0 Å². The fourth-order valence-corrected chi connectivity index (χ4v) is 3.33. The number of hydrogen-bond donors (Lipinski definition) is 2. The van der Waals surface area contributed by atoms with Crippen LogP contribution in [0.4, 0.5) is 5.69 Å². The molecule has 0 fully saturated rings.